The summed E-state index contributed by atoms with van der Waals surface area (Å²) in [4.78, 5) is 3.64. The first-order chi connectivity index (χ1) is 13.1. The molecule has 28 heavy (non-hydrogen) atoms. The molecule has 0 radical (unpaired) electrons. The van der Waals surface area contributed by atoms with Crippen molar-refractivity contribution in [3.63, 3.8) is 0 Å². The minimum absolute atomic E-state index is 0.0494. The first-order valence-corrected chi connectivity index (χ1v) is 9.32. The van der Waals surface area contributed by atoms with Gasteiger partial charge >= 0.3 is 6.18 Å². The van der Waals surface area contributed by atoms with Crippen molar-refractivity contribution in [1.29, 1.82) is 0 Å². The van der Waals surface area contributed by atoms with E-state index >= 15 is 0 Å². The fraction of sp³-hybridized carbons (Fsp3) is 0.111. The van der Waals surface area contributed by atoms with Crippen LogP contribution >= 0.6 is 0 Å². The predicted molar refractivity (Wildman–Crippen MR) is 96.1 cm³/mol. The molecule has 0 fully saturated rings. The second-order valence-electron chi connectivity index (χ2n) is 5.74. The zero-order valence-electron chi connectivity index (χ0n) is 14.2. The van der Waals surface area contributed by atoms with E-state index in [1.807, 2.05) is 0 Å². The molecule has 1 aromatic carbocycles. The molecule has 10 heteroatoms. The fourth-order valence-electron chi connectivity index (χ4n) is 2.75. The highest BCUT2D eigenvalue weighted by Gasteiger charge is 2.40. The lowest BCUT2D eigenvalue weighted by molar-refractivity contribution is -0.143. The van der Waals surface area contributed by atoms with Gasteiger partial charge < -0.3 is 0 Å². The number of primary sulfonamides is 1. The molecule has 0 amide bonds. The first kappa shape index (κ1) is 19.6. The van der Waals surface area contributed by atoms with Gasteiger partial charge in [-0.2, -0.15) is 18.3 Å². The van der Waals surface area contributed by atoms with Gasteiger partial charge in [0.15, 0.2) is 5.69 Å². The highest BCUT2D eigenvalue weighted by atomic mass is 32.2. The largest absolute Gasteiger partial charge is 0.433 e. The lowest BCUT2D eigenvalue weighted by Crippen LogP contribution is -2.15. The van der Waals surface area contributed by atoms with Gasteiger partial charge in [-0.3, -0.25) is 4.98 Å². The van der Waals surface area contributed by atoms with E-state index in [1.54, 1.807) is 0 Å². The Labute approximate surface area is 158 Å². The monoisotopic (exact) mass is 406 g/mol. The number of halogens is 3. The zero-order chi connectivity index (χ0) is 20.5. The quantitative estimate of drug-likeness (QED) is 0.675. The minimum Gasteiger partial charge on any atom is -0.265 e. The van der Waals surface area contributed by atoms with Crippen molar-refractivity contribution in [3.8, 4) is 34.7 Å². The number of hydrogen-bond donors (Lipinski definition) is 1. The number of hydrogen-bond acceptors (Lipinski definition) is 4. The van der Waals surface area contributed by atoms with Gasteiger partial charge in [-0.05, 0) is 29.8 Å². The average molecular weight is 406 g/mol. The number of terminal acetylenes is 1. The van der Waals surface area contributed by atoms with Crippen molar-refractivity contribution in [3.05, 3.63) is 54.5 Å². The molecule has 0 aliphatic carbocycles. The van der Waals surface area contributed by atoms with Gasteiger partial charge in [0.25, 0.3) is 0 Å². The molecule has 2 heterocycles. The normalized spacial score (nSPS) is 12.0. The van der Waals surface area contributed by atoms with E-state index in [9.17, 15) is 21.6 Å². The van der Waals surface area contributed by atoms with Gasteiger partial charge in [-0.25, -0.2) is 18.2 Å². The third-order valence-corrected chi connectivity index (χ3v) is 4.82. The maximum absolute atomic E-state index is 13.9. The summed E-state index contributed by atoms with van der Waals surface area (Å²) < 4.78 is 65.2. The number of rotatable bonds is 4. The maximum Gasteiger partial charge on any atom is 0.433 e. The molecule has 3 rings (SSSR count). The molecule has 6 nitrogen and oxygen atoms in total. The fourth-order valence-corrected chi connectivity index (χ4v) is 3.26. The Bertz CT molecular complexity index is 1150. The van der Waals surface area contributed by atoms with Crippen LogP contribution in [0.3, 0.4) is 0 Å². The molecule has 0 bridgehead atoms. The van der Waals surface area contributed by atoms with E-state index in [-0.39, 0.29) is 28.3 Å². The van der Waals surface area contributed by atoms with Gasteiger partial charge in [0, 0.05) is 23.5 Å². The van der Waals surface area contributed by atoms with Crippen LogP contribution in [0.15, 0.2) is 53.7 Å². The predicted octanol–water partition coefficient (Wildman–Crippen LogP) is 2.91. The van der Waals surface area contributed by atoms with Crippen LogP contribution in [0.25, 0.3) is 22.4 Å². The summed E-state index contributed by atoms with van der Waals surface area (Å²) in [5, 5.41) is 9.12. The number of alkyl halides is 3. The zero-order valence-corrected chi connectivity index (χ0v) is 15.0. The number of nitrogens with zero attached hydrogens (tertiary/aromatic N) is 3. The van der Waals surface area contributed by atoms with Crippen molar-refractivity contribution < 1.29 is 21.6 Å². The van der Waals surface area contributed by atoms with E-state index in [0.717, 1.165) is 12.1 Å². The third kappa shape index (κ3) is 3.76. The van der Waals surface area contributed by atoms with E-state index in [1.165, 1.54) is 36.7 Å². The first-order valence-electron chi connectivity index (χ1n) is 7.78. The van der Waals surface area contributed by atoms with E-state index < -0.39 is 21.9 Å². The van der Waals surface area contributed by atoms with Crippen LogP contribution in [-0.2, 0) is 22.7 Å². The molecule has 0 saturated carbocycles. The number of nitrogens with two attached hydrogens (primary N) is 1. The van der Waals surface area contributed by atoms with Crippen LogP contribution in [0.2, 0.25) is 0 Å². The summed E-state index contributed by atoms with van der Waals surface area (Å²) in [7, 11) is -3.98. The summed E-state index contributed by atoms with van der Waals surface area (Å²) >= 11 is 0. The highest BCUT2D eigenvalue weighted by molar-refractivity contribution is 7.89. The second-order valence-corrected chi connectivity index (χ2v) is 7.30. The summed E-state index contributed by atoms with van der Waals surface area (Å²) in [6.45, 7) is -0.387. The van der Waals surface area contributed by atoms with Gasteiger partial charge in [0.1, 0.15) is 12.2 Å². The summed E-state index contributed by atoms with van der Waals surface area (Å²) in [5.74, 6) is 2.16. The third-order valence-electron chi connectivity index (χ3n) is 3.89. The molecule has 0 aliphatic rings. The van der Waals surface area contributed by atoms with E-state index in [4.69, 9.17) is 11.6 Å². The van der Waals surface area contributed by atoms with Crippen LogP contribution < -0.4 is 5.14 Å². The molecule has 2 N–H and O–H groups in total. The van der Waals surface area contributed by atoms with Crippen LogP contribution in [0.4, 0.5) is 13.2 Å². The van der Waals surface area contributed by atoms with Crippen molar-refractivity contribution in [2.75, 3.05) is 0 Å². The van der Waals surface area contributed by atoms with Gasteiger partial charge in [0.05, 0.1) is 4.90 Å². The average Bonchev–Trinajstić information content (AvgIpc) is 3.02. The Balaban J connectivity index is 2.33. The van der Waals surface area contributed by atoms with Crippen LogP contribution in [0.1, 0.15) is 5.69 Å². The molecule has 0 saturated heterocycles. The maximum atomic E-state index is 13.9. The van der Waals surface area contributed by atoms with Crippen molar-refractivity contribution >= 4 is 10.0 Å². The summed E-state index contributed by atoms with van der Waals surface area (Å²) in [5.41, 5.74) is -0.666. The van der Waals surface area contributed by atoms with Crippen LogP contribution in [0.5, 0.6) is 0 Å². The SMILES string of the molecule is C#CCn1nc(-c2ccncc2)c(-c2ccc(S(N)(=O)=O)cc2)c1C(F)(F)F. The Kier molecular flexibility index (Phi) is 4.97. The van der Waals surface area contributed by atoms with Crippen LogP contribution in [0, 0.1) is 12.3 Å². The smallest absolute Gasteiger partial charge is 0.265 e. The standard InChI is InChI=1S/C18H13F3N4O2S/c1-2-11-25-17(18(19,20)21)15(16(24-25)13-7-9-23-10-8-13)12-3-5-14(6-4-12)28(22,26)27/h1,3-10H,11H2,(H2,22,26,27). The van der Waals surface area contributed by atoms with E-state index in [2.05, 4.69) is 16.0 Å². The number of pyridine rings is 1. The Hall–Kier alpha value is -3.16. The topological polar surface area (TPSA) is 90.9 Å². The number of benzene rings is 1. The molecular formula is C18H13F3N4O2S. The Morgan fingerprint density at radius 2 is 1.68 bits per heavy atom. The molecular weight excluding hydrogens is 393 g/mol. The molecule has 2 aromatic heterocycles. The van der Waals surface area contributed by atoms with Gasteiger partial charge in [0.2, 0.25) is 10.0 Å². The molecule has 0 atom stereocenters. The molecule has 0 aliphatic heterocycles. The highest BCUT2D eigenvalue weighted by Crippen LogP contribution is 2.42. The summed E-state index contributed by atoms with van der Waals surface area (Å²) in [6, 6.07) is 7.81. The summed E-state index contributed by atoms with van der Waals surface area (Å²) in [6.07, 6.45) is 3.32. The Morgan fingerprint density at radius 1 is 1.07 bits per heavy atom. The molecule has 144 valence electrons. The molecule has 0 spiro atoms. The number of aromatic nitrogens is 3. The van der Waals surface area contributed by atoms with Crippen molar-refractivity contribution in [2.24, 2.45) is 5.14 Å². The Morgan fingerprint density at radius 3 is 2.18 bits per heavy atom. The van der Waals surface area contributed by atoms with Crippen molar-refractivity contribution in [2.45, 2.75) is 17.6 Å². The number of sulfonamides is 1. The van der Waals surface area contributed by atoms with E-state index in [0.29, 0.717) is 10.2 Å². The lowest BCUT2D eigenvalue weighted by atomic mass is 9.99. The minimum atomic E-state index is -4.75. The van der Waals surface area contributed by atoms with Gasteiger partial charge in [-0.15, -0.1) is 6.42 Å². The second kappa shape index (κ2) is 7.10. The lowest BCUT2D eigenvalue weighted by Gasteiger charge is -2.12. The van der Waals surface area contributed by atoms with Crippen molar-refractivity contribution in [1.82, 2.24) is 14.8 Å². The van der Waals surface area contributed by atoms with Gasteiger partial charge in [-0.1, -0.05) is 18.1 Å². The molecule has 0 unspecified atom stereocenters. The molecule has 3 aromatic rings. The van der Waals surface area contributed by atoms with Crippen LogP contribution in [-0.4, -0.2) is 23.2 Å².